The van der Waals surface area contributed by atoms with Crippen molar-refractivity contribution in [1.29, 1.82) is 0 Å². The van der Waals surface area contributed by atoms with Crippen LogP contribution in [-0.2, 0) is 6.54 Å². The Hall–Kier alpha value is -1.63. The van der Waals surface area contributed by atoms with Crippen LogP contribution in [0.4, 0.5) is 0 Å². The molecule has 0 amide bonds. The minimum Gasteiger partial charge on any atom is -0.344 e. The van der Waals surface area contributed by atoms with Crippen molar-refractivity contribution in [2.75, 3.05) is 5.75 Å². The average Bonchev–Trinajstić information content (AvgIpc) is 3.18. The van der Waals surface area contributed by atoms with Crippen LogP contribution in [0.25, 0.3) is 0 Å². The Morgan fingerprint density at radius 3 is 2.83 bits per heavy atom. The normalized spacial score (nSPS) is 11.0. The first-order chi connectivity index (χ1) is 11.6. The van der Waals surface area contributed by atoms with Crippen molar-refractivity contribution in [1.82, 2.24) is 14.8 Å². The highest BCUT2D eigenvalue weighted by atomic mass is 35.5. The van der Waals surface area contributed by atoms with Gasteiger partial charge in [-0.05, 0) is 31.5 Å². The molecule has 1 aromatic carbocycles. The molecule has 0 spiro atoms. The number of aryl methyl sites for hydroxylation is 1. The molecular formula is C17H16ClN3OS2. The number of ketones is 1. The Morgan fingerprint density at radius 1 is 1.33 bits per heavy atom. The SMILES string of the molecule is Cc1cc(C(=O)CSc2nncs2)c(C)n1Cc1ccccc1Cl. The van der Waals surface area contributed by atoms with Gasteiger partial charge in [0.2, 0.25) is 0 Å². The zero-order valence-electron chi connectivity index (χ0n) is 13.3. The first kappa shape index (κ1) is 17.2. The summed E-state index contributed by atoms with van der Waals surface area (Å²) in [6.07, 6.45) is 0. The topological polar surface area (TPSA) is 47.8 Å². The summed E-state index contributed by atoms with van der Waals surface area (Å²) in [6, 6.07) is 9.74. The van der Waals surface area contributed by atoms with Gasteiger partial charge in [0.15, 0.2) is 10.1 Å². The van der Waals surface area contributed by atoms with Gasteiger partial charge in [0, 0.05) is 28.5 Å². The van der Waals surface area contributed by atoms with E-state index in [1.54, 1.807) is 5.51 Å². The van der Waals surface area contributed by atoms with Gasteiger partial charge in [0.25, 0.3) is 0 Å². The smallest absolute Gasteiger partial charge is 0.174 e. The Bertz CT molecular complexity index is 859. The predicted octanol–water partition coefficient (Wildman–Crippen LogP) is 4.63. The zero-order chi connectivity index (χ0) is 17.1. The molecule has 24 heavy (non-hydrogen) atoms. The predicted molar refractivity (Wildman–Crippen MR) is 99.4 cm³/mol. The number of hydrogen-bond donors (Lipinski definition) is 0. The first-order valence-electron chi connectivity index (χ1n) is 7.38. The van der Waals surface area contributed by atoms with Crippen LogP contribution in [-0.4, -0.2) is 26.3 Å². The Labute approximate surface area is 153 Å². The fourth-order valence-corrected chi connectivity index (χ4v) is 4.12. The van der Waals surface area contributed by atoms with Crippen molar-refractivity contribution < 1.29 is 4.79 Å². The fourth-order valence-electron chi connectivity index (χ4n) is 2.55. The summed E-state index contributed by atoms with van der Waals surface area (Å²) >= 11 is 9.13. The zero-order valence-corrected chi connectivity index (χ0v) is 15.7. The molecule has 3 rings (SSSR count). The molecule has 3 aromatic rings. The van der Waals surface area contributed by atoms with Gasteiger partial charge in [-0.25, -0.2) is 0 Å². The van der Waals surface area contributed by atoms with E-state index in [-0.39, 0.29) is 5.78 Å². The molecule has 0 bridgehead atoms. The van der Waals surface area contributed by atoms with Crippen LogP contribution in [0.1, 0.15) is 27.3 Å². The van der Waals surface area contributed by atoms with Crippen molar-refractivity contribution in [2.45, 2.75) is 24.7 Å². The largest absolute Gasteiger partial charge is 0.344 e. The molecule has 0 aliphatic heterocycles. The van der Waals surface area contributed by atoms with Gasteiger partial charge in [-0.15, -0.1) is 10.2 Å². The minimum absolute atomic E-state index is 0.105. The lowest BCUT2D eigenvalue weighted by Crippen LogP contribution is -2.07. The number of aromatic nitrogens is 3. The van der Waals surface area contributed by atoms with E-state index in [0.29, 0.717) is 12.3 Å². The van der Waals surface area contributed by atoms with Crippen molar-refractivity contribution in [2.24, 2.45) is 0 Å². The Kier molecular flexibility index (Phi) is 5.38. The fraction of sp³-hybridized carbons (Fsp3) is 0.235. The second-order valence-corrected chi connectivity index (χ2v) is 7.84. The molecule has 0 radical (unpaired) electrons. The third-order valence-corrected chi connectivity index (χ3v) is 6.06. The molecular weight excluding hydrogens is 362 g/mol. The minimum atomic E-state index is 0.105. The Balaban J connectivity index is 1.78. The van der Waals surface area contributed by atoms with Crippen molar-refractivity contribution in [3.05, 3.63) is 63.4 Å². The van der Waals surface area contributed by atoms with Crippen LogP contribution >= 0.6 is 34.7 Å². The molecule has 0 atom stereocenters. The van der Waals surface area contributed by atoms with Gasteiger partial charge in [-0.3, -0.25) is 4.79 Å². The third-order valence-electron chi connectivity index (χ3n) is 3.83. The van der Waals surface area contributed by atoms with Crippen LogP contribution in [0.3, 0.4) is 0 Å². The number of rotatable bonds is 6. The van der Waals surface area contributed by atoms with Crippen LogP contribution in [0.2, 0.25) is 5.02 Å². The molecule has 2 heterocycles. The van der Waals surface area contributed by atoms with Crippen LogP contribution in [0.15, 0.2) is 40.2 Å². The van der Waals surface area contributed by atoms with Crippen LogP contribution in [0.5, 0.6) is 0 Å². The molecule has 0 unspecified atom stereocenters. The molecule has 2 aromatic heterocycles. The van der Waals surface area contributed by atoms with E-state index in [2.05, 4.69) is 14.8 Å². The van der Waals surface area contributed by atoms with E-state index in [9.17, 15) is 4.79 Å². The number of carbonyl (C=O) groups excluding carboxylic acids is 1. The quantitative estimate of drug-likeness (QED) is 0.464. The number of hydrogen-bond acceptors (Lipinski definition) is 5. The molecule has 124 valence electrons. The van der Waals surface area contributed by atoms with Gasteiger partial charge in [0.05, 0.1) is 5.75 Å². The van der Waals surface area contributed by atoms with E-state index in [4.69, 9.17) is 11.6 Å². The van der Waals surface area contributed by atoms with E-state index in [1.807, 2.05) is 44.2 Å². The summed E-state index contributed by atoms with van der Waals surface area (Å²) in [5.74, 6) is 0.472. The van der Waals surface area contributed by atoms with E-state index < -0.39 is 0 Å². The number of carbonyl (C=O) groups is 1. The number of benzene rings is 1. The molecule has 7 heteroatoms. The summed E-state index contributed by atoms with van der Waals surface area (Å²) in [5.41, 5.74) is 5.49. The van der Waals surface area contributed by atoms with Gasteiger partial charge in [-0.2, -0.15) is 0 Å². The summed E-state index contributed by atoms with van der Waals surface area (Å²) in [7, 11) is 0. The molecule has 0 aliphatic carbocycles. The molecule has 0 aliphatic rings. The third kappa shape index (κ3) is 3.71. The number of halogens is 1. The second kappa shape index (κ2) is 7.51. The monoisotopic (exact) mass is 377 g/mol. The molecule has 0 saturated carbocycles. The van der Waals surface area contributed by atoms with Crippen molar-refractivity contribution >= 4 is 40.5 Å². The number of nitrogens with zero attached hydrogens (tertiary/aromatic N) is 3. The van der Waals surface area contributed by atoms with Crippen LogP contribution in [0, 0.1) is 13.8 Å². The molecule has 0 saturated heterocycles. The highest BCUT2D eigenvalue weighted by molar-refractivity contribution is 8.01. The second-order valence-electron chi connectivity index (χ2n) is 5.38. The summed E-state index contributed by atoms with van der Waals surface area (Å²) in [6.45, 7) is 4.65. The summed E-state index contributed by atoms with van der Waals surface area (Å²) in [4.78, 5) is 12.5. The highest BCUT2D eigenvalue weighted by Crippen LogP contribution is 2.24. The molecule has 4 nitrogen and oxygen atoms in total. The van der Waals surface area contributed by atoms with E-state index in [0.717, 1.165) is 31.9 Å². The summed E-state index contributed by atoms with van der Waals surface area (Å²) < 4.78 is 2.94. The Morgan fingerprint density at radius 2 is 2.12 bits per heavy atom. The lowest BCUT2D eigenvalue weighted by atomic mass is 10.2. The average molecular weight is 378 g/mol. The lowest BCUT2D eigenvalue weighted by molar-refractivity contribution is 0.102. The highest BCUT2D eigenvalue weighted by Gasteiger charge is 2.17. The van der Waals surface area contributed by atoms with Crippen molar-refractivity contribution in [3.63, 3.8) is 0 Å². The number of Topliss-reactive ketones (excluding diaryl/α,β-unsaturated/α-hetero) is 1. The van der Waals surface area contributed by atoms with E-state index >= 15 is 0 Å². The maximum atomic E-state index is 12.5. The van der Waals surface area contributed by atoms with Crippen LogP contribution < -0.4 is 0 Å². The standard InChI is InChI=1S/C17H16ClN3OS2/c1-11-7-14(16(22)9-23-17-20-19-10-24-17)12(2)21(11)8-13-5-3-4-6-15(13)18/h3-7,10H,8-9H2,1-2H3. The van der Waals surface area contributed by atoms with Gasteiger partial charge < -0.3 is 4.57 Å². The number of thioether (sulfide) groups is 1. The van der Waals surface area contributed by atoms with Gasteiger partial charge in [0.1, 0.15) is 5.51 Å². The maximum Gasteiger partial charge on any atom is 0.174 e. The van der Waals surface area contributed by atoms with E-state index in [1.165, 1.54) is 23.1 Å². The molecule has 0 fully saturated rings. The van der Waals surface area contributed by atoms with Gasteiger partial charge >= 0.3 is 0 Å². The first-order valence-corrected chi connectivity index (χ1v) is 9.63. The summed E-state index contributed by atoms with van der Waals surface area (Å²) in [5, 5.41) is 8.48. The van der Waals surface area contributed by atoms with Gasteiger partial charge in [-0.1, -0.05) is 52.9 Å². The lowest BCUT2D eigenvalue weighted by Gasteiger charge is -2.11. The van der Waals surface area contributed by atoms with Crippen molar-refractivity contribution in [3.8, 4) is 0 Å². The maximum absolute atomic E-state index is 12.5. The molecule has 0 N–H and O–H groups in total.